The molecule has 1 saturated heterocycles. The minimum Gasteiger partial charge on any atom is -0.349 e. The van der Waals surface area contributed by atoms with Gasteiger partial charge in [-0.15, -0.1) is 0 Å². The quantitative estimate of drug-likeness (QED) is 0.833. The number of carbonyl (C=O) groups excluding carboxylic acids is 1. The second-order valence-electron chi connectivity index (χ2n) is 4.85. The van der Waals surface area contributed by atoms with Crippen molar-refractivity contribution in [1.82, 2.24) is 10.2 Å². The molecule has 0 spiro atoms. The van der Waals surface area contributed by atoms with Gasteiger partial charge in [0.2, 0.25) is 0 Å². The Morgan fingerprint density at radius 3 is 2.50 bits per heavy atom. The Balaban J connectivity index is 1.86. The fourth-order valence-corrected chi connectivity index (χ4v) is 2.17. The zero-order valence-corrected chi connectivity index (χ0v) is 10.7. The number of halogens is 1. The van der Waals surface area contributed by atoms with Gasteiger partial charge in [0.05, 0.1) is 0 Å². The Morgan fingerprint density at radius 2 is 1.94 bits per heavy atom. The Kier molecular flexibility index (Phi) is 4.31. The van der Waals surface area contributed by atoms with E-state index in [-0.39, 0.29) is 11.9 Å². The van der Waals surface area contributed by atoms with Crippen LogP contribution in [0.3, 0.4) is 0 Å². The molecule has 2 rings (SSSR count). The fraction of sp³-hybridized carbons (Fsp3) is 0.500. The highest BCUT2D eigenvalue weighted by molar-refractivity contribution is 5.94. The van der Waals surface area contributed by atoms with Gasteiger partial charge >= 0.3 is 0 Å². The minimum atomic E-state index is -0.390. The van der Waals surface area contributed by atoms with Crippen LogP contribution in [0.1, 0.15) is 28.8 Å². The first kappa shape index (κ1) is 13.0. The lowest BCUT2D eigenvalue weighted by Gasteiger charge is -2.30. The van der Waals surface area contributed by atoms with Crippen molar-refractivity contribution in [3.05, 3.63) is 35.4 Å². The van der Waals surface area contributed by atoms with Crippen LogP contribution in [0, 0.1) is 6.92 Å². The molecule has 1 aromatic carbocycles. The smallest absolute Gasteiger partial charge is 0.251 e. The summed E-state index contributed by atoms with van der Waals surface area (Å²) in [4.78, 5) is 13.7. The predicted molar refractivity (Wildman–Crippen MR) is 69.2 cm³/mol. The zero-order valence-electron chi connectivity index (χ0n) is 10.7. The first-order valence-electron chi connectivity index (χ1n) is 6.35. The van der Waals surface area contributed by atoms with Crippen LogP contribution in [0.25, 0.3) is 0 Å². The van der Waals surface area contributed by atoms with Gasteiger partial charge < -0.3 is 5.32 Å². The number of amides is 1. The summed E-state index contributed by atoms with van der Waals surface area (Å²) in [7, 11) is 0. The summed E-state index contributed by atoms with van der Waals surface area (Å²) in [5.74, 6) is -0.0336. The number of likely N-dealkylation sites (tertiary alicyclic amines) is 1. The lowest BCUT2D eigenvalue weighted by atomic mass is 10.0. The first-order valence-corrected chi connectivity index (χ1v) is 6.35. The predicted octanol–water partition coefficient (Wildman–Crippen LogP) is 2.12. The maximum atomic E-state index is 12.4. The maximum absolute atomic E-state index is 12.4. The summed E-state index contributed by atoms with van der Waals surface area (Å²) in [6.45, 7) is 3.04. The maximum Gasteiger partial charge on any atom is 0.251 e. The van der Waals surface area contributed by atoms with Crippen LogP contribution < -0.4 is 5.32 Å². The SMILES string of the molecule is Cc1ccc(C(=O)NC2CCN(CF)CC2)cc1. The van der Waals surface area contributed by atoms with Gasteiger partial charge in [-0.25, -0.2) is 4.39 Å². The number of nitrogens with zero attached hydrogens (tertiary/aromatic N) is 1. The highest BCUT2D eigenvalue weighted by atomic mass is 19.1. The molecular formula is C14H19FN2O. The molecule has 1 heterocycles. The number of aryl methyl sites for hydroxylation is 1. The van der Waals surface area contributed by atoms with Crippen LogP contribution in [-0.2, 0) is 0 Å². The molecule has 0 saturated carbocycles. The van der Waals surface area contributed by atoms with Gasteiger partial charge in [-0.2, -0.15) is 0 Å². The molecule has 3 nitrogen and oxygen atoms in total. The van der Waals surface area contributed by atoms with Crippen molar-refractivity contribution < 1.29 is 9.18 Å². The number of rotatable bonds is 3. The number of hydrogen-bond acceptors (Lipinski definition) is 2. The lowest BCUT2D eigenvalue weighted by Crippen LogP contribution is -2.44. The van der Waals surface area contributed by atoms with Crippen molar-refractivity contribution in [2.45, 2.75) is 25.8 Å². The van der Waals surface area contributed by atoms with Crippen molar-refractivity contribution in [2.75, 3.05) is 19.9 Å². The third-order valence-electron chi connectivity index (χ3n) is 3.41. The summed E-state index contributed by atoms with van der Waals surface area (Å²) in [5, 5.41) is 3.01. The molecule has 0 radical (unpaired) electrons. The molecule has 0 aliphatic carbocycles. The van der Waals surface area contributed by atoms with E-state index in [9.17, 15) is 9.18 Å². The van der Waals surface area contributed by atoms with Gasteiger partial charge in [-0.1, -0.05) is 17.7 Å². The second kappa shape index (κ2) is 5.96. The van der Waals surface area contributed by atoms with E-state index < -0.39 is 6.80 Å². The van der Waals surface area contributed by atoms with Crippen molar-refractivity contribution in [1.29, 1.82) is 0 Å². The van der Waals surface area contributed by atoms with Crippen LogP contribution in [0.2, 0.25) is 0 Å². The summed E-state index contributed by atoms with van der Waals surface area (Å²) in [5.41, 5.74) is 1.83. The third-order valence-corrected chi connectivity index (χ3v) is 3.41. The summed E-state index contributed by atoms with van der Waals surface area (Å²) in [6, 6.07) is 7.70. The van der Waals surface area contributed by atoms with E-state index in [1.807, 2.05) is 31.2 Å². The topological polar surface area (TPSA) is 32.3 Å². The van der Waals surface area contributed by atoms with E-state index in [0.717, 1.165) is 31.5 Å². The highest BCUT2D eigenvalue weighted by Gasteiger charge is 2.20. The van der Waals surface area contributed by atoms with Gasteiger partial charge in [0, 0.05) is 24.7 Å². The lowest BCUT2D eigenvalue weighted by molar-refractivity contribution is 0.0891. The number of alkyl halides is 1. The number of piperidine rings is 1. The normalized spacial score (nSPS) is 17.7. The average Bonchev–Trinajstić information content (AvgIpc) is 2.40. The van der Waals surface area contributed by atoms with Crippen LogP contribution >= 0.6 is 0 Å². The van der Waals surface area contributed by atoms with Gasteiger partial charge in [0.15, 0.2) is 0 Å². The van der Waals surface area contributed by atoms with Crippen LogP contribution in [-0.4, -0.2) is 36.7 Å². The standard InChI is InChI=1S/C14H19FN2O/c1-11-2-4-12(5-3-11)14(18)16-13-6-8-17(10-15)9-7-13/h2-5,13H,6-10H2,1H3,(H,16,18). The molecule has 4 heteroatoms. The molecule has 1 fully saturated rings. The third kappa shape index (κ3) is 3.29. The average molecular weight is 250 g/mol. The van der Waals surface area contributed by atoms with E-state index in [1.165, 1.54) is 0 Å². The van der Waals surface area contributed by atoms with Crippen molar-refractivity contribution in [3.63, 3.8) is 0 Å². The highest BCUT2D eigenvalue weighted by Crippen LogP contribution is 2.11. The molecule has 1 N–H and O–H groups in total. The summed E-state index contributed by atoms with van der Waals surface area (Å²) in [6.07, 6.45) is 1.64. The van der Waals surface area contributed by atoms with E-state index >= 15 is 0 Å². The molecule has 1 aliphatic rings. The number of nitrogens with one attached hydrogen (secondary N) is 1. The van der Waals surface area contributed by atoms with Gasteiger partial charge in [-0.05, 0) is 31.9 Å². The van der Waals surface area contributed by atoms with E-state index in [0.29, 0.717) is 5.56 Å². The summed E-state index contributed by atoms with van der Waals surface area (Å²) < 4.78 is 12.4. The van der Waals surface area contributed by atoms with Gasteiger partial charge in [0.25, 0.3) is 5.91 Å². The van der Waals surface area contributed by atoms with Crippen LogP contribution in [0.4, 0.5) is 4.39 Å². The Labute approximate surface area is 107 Å². The molecule has 0 atom stereocenters. The molecule has 0 unspecified atom stereocenters. The minimum absolute atomic E-state index is 0.0336. The van der Waals surface area contributed by atoms with E-state index in [1.54, 1.807) is 4.90 Å². The molecule has 18 heavy (non-hydrogen) atoms. The molecule has 1 amide bonds. The first-order chi connectivity index (χ1) is 8.69. The molecular weight excluding hydrogens is 231 g/mol. The zero-order chi connectivity index (χ0) is 13.0. The largest absolute Gasteiger partial charge is 0.349 e. The number of benzene rings is 1. The van der Waals surface area contributed by atoms with E-state index in [2.05, 4.69) is 5.32 Å². The molecule has 0 aromatic heterocycles. The Bertz CT molecular complexity index is 397. The summed E-state index contributed by atoms with van der Waals surface area (Å²) >= 11 is 0. The van der Waals surface area contributed by atoms with Crippen molar-refractivity contribution in [2.24, 2.45) is 0 Å². The Morgan fingerprint density at radius 1 is 1.33 bits per heavy atom. The van der Waals surface area contributed by atoms with Crippen molar-refractivity contribution >= 4 is 5.91 Å². The van der Waals surface area contributed by atoms with Crippen LogP contribution in [0.15, 0.2) is 24.3 Å². The molecule has 1 aliphatic heterocycles. The molecule has 0 bridgehead atoms. The number of hydrogen-bond donors (Lipinski definition) is 1. The van der Waals surface area contributed by atoms with Crippen molar-refractivity contribution in [3.8, 4) is 0 Å². The Hall–Kier alpha value is -1.42. The van der Waals surface area contributed by atoms with Crippen LogP contribution in [0.5, 0.6) is 0 Å². The van der Waals surface area contributed by atoms with Gasteiger partial charge in [0.1, 0.15) is 6.80 Å². The number of carbonyl (C=O) groups is 1. The van der Waals surface area contributed by atoms with E-state index in [4.69, 9.17) is 0 Å². The second-order valence-corrected chi connectivity index (χ2v) is 4.85. The monoisotopic (exact) mass is 250 g/mol. The fourth-order valence-electron chi connectivity index (χ4n) is 2.17. The molecule has 1 aromatic rings. The van der Waals surface area contributed by atoms with Gasteiger partial charge in [-0.3, -0.25) is 9.69 Å². The molecule has 98 valence electrons.